The minimum absolute atomic E-state index is 0.0726. The van der Waals surface area contributed by atoms with Gasteiger partial charge in [0.1, 0.15) is 13.2 Å². The average Bonchev–Trinajstić information content (AvgIpc) is 3.09. The normalized spacial score (nSPS) is 11.6. The van der Waals surface area contributed by atoms with E-state index in [2.05, 4.69) is 9.71 Å². The summed E-state index contributed by atoms with van der Waals surface area (Å²) in [4.78, 5) is 28.2. The van der Waals surface area contributed by atoms with Crippen LogP contribution in [0.15, 0.2) is 45.5 Å². The van der Waals surface area contributed by atoms with Gasteiger partial charge in [0, 0.05) is 17.6 Å². The van der Waals surface area contributed by atoms with E-state index in [4.69, 9.17) is 27.9 Å². The number of hydrogen-bond donors (Lipinski definition) is 1. The SMILES string of the molecule is O=C(CNS(=O)(=O)c1ccc(Cl)c(Cl)c1)OCc1cc(=O)n2ccsc2n1. The molecule has 3 rings (SSSR count). The first kappa shape index (κ1) is 19.8. The van der Waals surface area contributed by atoms with Crippen LogP contribution in [-0.2, 0) is 26.2 Å². The monoisotopic (exact) mass is 447 g/mol. The number of nitrogens with zero attached hydrogens (tertiary/aromatic N) is 2. The first-order valence-electron chi connectivity index (χ1n) is 7.32. The van der Waals surface area contributed by atoms with Crippen LogP contribution < -0.4 is 10.3 Å². The largest absolute Gasteiger partial charge is 0.458 e. The van der Waals surface area contributed by atoms with Crippen LogP contribution in [-0.4, -0.2) is 30.3 Å². The van der Waals surface area contributed by atoms with Gasteiger partial charge in [-0.1, -0.05) is 23.2 Å². The molecule has 0 aliphatic heterocycles. The second kappa shape index (κ2) is 7.95. The lowest BCUT2D eigenvalue weighted by molar-refractivity contribution is -0.143. The first-order valence-corrected chi connectivity index (χ1v) is 10.4. The highest BCUT2D eigenvalue weighted by Gasteiger charge is 2.17. The molecule has 3 aromatic rings. The van der Waals surface area contributed by atoms with Crippen molar-refractivity contribution in [3.05, 3.63) is 61.9 Å². The summed E-state index contributed by atoms with van der Waals surface area (Å²) >= 11 is 12.8. The molecule has 0 saturated heterocycles. The van der Waals surface area contributed by atoms with E-state index in [0.29, 0.717) is 4.96 Å². The minimum Gasteiger partial charge on any atom is -0.458 e. The van der Waals surface area contributed by atoms with Gasteiger partial charge in [0.15, 0.2) is 4.96 Å². The van der Waals surface area contributed by atoms with Crippen molar-refractivity contribution in [3.63, 3.8) is 0 Å². The van der Waals surface area contributed by atoms with Gasteiger partial charge >= 0.3 is 5.97 Å². The number of sulfonamides is 1. The zero-order valence-electron chi connectivity index (χ0n) is 13.4. The number of carbonyl (C=O) groups is 1. The fourth-order valence-corrected chi connectivity index (χ4v) is 4.14. The highest BCUT2D eigenvalue weighted by molar-refractivity contribution is 7.89. The molecule has 1 N–H and O–H groups in total. The molecular formula is C15H11Cl2N3O5S2. The maximum absolute atomic E-state index is 12.2. The van der Waals surface area contributed by atoms with Crippen molar-refractivity contribution in [2.75, 3.05) is 6.54 Å². The van der Waals surface area contributed by atoms with Crippen molar-refractivity contribution in [2.24, 2.45) is 0 Å². The van der Waals surface area contributed by atoms with Gasteiger partial charge in [0.05, 0.1) is 20.6 Å². The summed E-state index contributed by atoms with van der Waals surface area (Å²) in [6.07, 6.45) is 1.59. The number of thiazole rings is 1. The van der Waals surface area contributed by atoms with Gasteiger partial charge in [-0.15, -0.1) is 11.3 Å². The zero-order valence-corrected chi connectivity index (χ0v) is 16.5. The average molecular weight is 448 g/mol. The van der Waals surface area contributed by atoms with Crippen molar-refractivity contribution in [2.45, 2.75) is 11.5 Å². The van der Waals surface area contributed by atoms with Crippen molar-refractivity contribution in [1.82, 2.24) is 14.1 Å². The number of ether oxygens (including phenoxy) is 1. The smallest absolute Gasteiger partial charge is 0.321 e. The topological polar surface area (TPSA) is 107 Å². The third kappa shape index (κ3) is 4.66. The maximum Gasteiger partial charge on any atom is 0.321 e. The predicted molar refractivity (Wildman–Crippen MR) is 101 cm³/mol. The van der Waals surface area contributed by atoms with Crippen molar-refractivity contribution >= 4 is 55.5 Å². The van der Waals surface area contributed by atoms with Crippen LogP contribution in [0.4, 0.5) is 0 Å². The summed E-state index contributed by atoms with van der Waals surface area (Å²) in [5.41, 5.74) is -0.0317. The lowest BCUT2D eigenvalue weighted by Gasteiger charge is -2.08. The molecule has 0 unspecified atom stereocenters. The Bertz CT molecular complexity index is 1170. The standard InChI is InChI=1S/C15H11Cl2N3O5S2/c16-11-2-1-10(6-12(11)17)27(23,24)18-7-14(22)25-8-9-5-13(21)20-3-4-26-15(20)19-9/h1-6,18H,7-8H2. The third-order valence-electron chi connectivity index (χ3n) is 3.35. The van der Waals surface area contributed by atoms with Crippen LogP contribution >= 0.6 is 34.5 Å². The molecule has 2 aromatic heterocycles. The predicted octanol–water partition coefficient (Wildman–Crippen LogP) is 2.08. The van der Waals surface area contributed by atoms with E-state index < -0.39 is 22.5 Å². The van der Waals surface area contributed by atoms with Crippen LogP contribution in [0.5, 0.6) is 0 Å². The van der Waals surface area contributed by atoms with Crippen LogP contribution in [0.2, 0.25) is 10.0 Å². The minimum atomic E-state index is -3.97. The Morgan fingerprint density at radius 1 is 1.26 bits per heavy atom. The number of hydrogen-bond acceptors (Lipinski definition) is 7. The molecule has 142 valence electrons. The quantitative estimate of drug-likeness (QED) is 0.579. The Morgan fingerprint density at radius 3 is 2.78 bits per heavy atom. The van der Waals surface area contributed by atoms with Gasteiger partial charge in [0.2, 0.25) is 10.0 Å². The van der Waals surface area contributed by atoms with Crippen molar-refractivity contribution in [3.8, 4) is 0 Å². The first-order chi connectivity index (χ1) is 12.8. The van der Waals surface area contributed by atoms with Gasteiger partial charge < -0.3 is 4.74 Å². The third-order valence-corrected chi connectivity index (χ3v) is 6.24. The summed E-state index contributed by atoms with van der Waals surface area (Å²) in [7, 11) is -3.97. The number of halogens is 2. The summed E-state index contributed by atoms with van der Waals surface area (Å²) in [5.74, 6) is -0.827. The van der Waals surface area contributed by atoms with Crippen molar-refractivity contribution < 1.29 is 17.9 Å². The molecular weight excluding hydrogens is 437 g/mol. The number of rotatable bonds is 6. The summed E-state index contributed by atoms with van der Waals surface area (Å²) in [6, 6.07) is 5.01. The fourth-order valence-electron chi connectivity index (χ4n) is 2.05. The summed E-state index contributed by atoms with van der Waals surface area (Å²) < 4.78 is 32.8. The summed E-state index contributed by atoms with van der Waals surface area (Å²) in [5, 5.41) is 1.99. The van der Waals surface area contributed by atoms with Gasteiger partial charge in [-0.25, -0.2) is 13.4 Å². The number of fused-ring (bicyclic) bond motifs is 1. The zero-order chi connectivity index (χ0) is 19.6. The van der Waals surface area contributed by atoms with Gasteiger partial charge in [-0.2, -0.15) is 4.72 Å². The van der Waals surface area contributed by atoms with Crippen LogP contribution in [0, 0.1) is 0 Å². The number of esters is 1. The van der Waals surface area contributed by atoms with E-state index in [-0.39, 0.29) is 32.8 Å². The van der Waals surface area contributed by atoms with Gasteiger partial charge in [-0.3, -0.25) is 14.0 Å². The Hall–Kier alpha value is -1.98. The highest BCUT2D eigenvalue weighted by Crippen LogP contribution is 2.24. The lowest BCUT2D eigenvalue weighted by Crippen LogP contribution is -2.30. The van der Waals surface area contributed by atoms with E-state index in [9.17, 15) is 18.0 Å². The van der Waals surface area contributed by atoms with E-state index in [0.717, 1.165) is 0 Å². The van der Waals surface area contributed by atoms with Gasteiger partial charge in [0.25, 0.3) is 5.56 Å². The Balaban J connectivity index is 1.60. The highest BCUT2D eigenvalue weighted by atomic mass is 35.5. The van der Waals surface area contributed by atoms with Crippen LogP contribution in [0.3, 0.4) is 0 Å². The fraction of sp³-hybridized carbons (Fsp3) is 0.133. The molecule has 27 heavy (non-hydrogen) atoms. The number of aromatic nitrogens is 2. The second-order valence-corrected chi connectivity index (χ2v) is 8.66. The lowest BCUT2D eigenvalue weighted by atomic mass is 10.4. The molecule has 8 nitrogen and oxygen atoms in total. The van der Waals surface area contributed by atoms with Crippen LogP contribution in [0.25, 0.3) is 4.96 Å². The molecule has 1 aromatic carbocycles. The molecule has 0 spiro atoms. The molecule has 2 heterocycles. The van der Waals surface area contributed by atoms with Crippen LogP contribution in [0.1, 0.15) is 5.69 Å². The Morgan fingerprint density at radius 2 is 2.04 bits per heavy atom. The van der Waals surface area contributed by atoms with E-state index in [1.165, 1.54) is 40.0 Å². The molecule has 0 fully saturated rings. The molecule has 12 heteroatoms. The van der Waals surface area contributed by atoms with Gasteiger partial charge in [-0.05, 0) is 18.2 Å². The van der Waals surface area contributed by atoms with E-state index in [1.807, 2.05) is 0 Å². The second-order valence-electron chi connectivity index (χ2n) is 5.20. The maximum atomic E-state index is 12.2. The number of carbonyl (C=O) groups excluding carboxylic acids is 1. The molecule has 0 saturated carbocycles. The number of benzene rings is 1. The van der Waals surface area contributed by atoms with E-state index in [1.54, 1.807) is 11.6 Å². The van der Waals surface area contributed by atoms with E-state index >= 15 is 0 Å². The molecule has 0 atom stereocenters. The Kier molecular flexibility index (Phi) is 5.82. The molecule has 0 radical (unpaired) electrons. The molecule has 0 aliphatic rings. The van der Waals surface area contributed by atoms with Crippen molar-refractivity contribution in [1.29, 1.82) is 0 Å². The summed E-state index contributed by atoms with van der Waals surface area (Å²) in [6.45, 7) is -0.847. The molecule has 0 amide bonds. The number of nitrogens with one attached hydrogen (secondary N) is 1. The molecule has 0 bridgehead atoms. The Labute approximate surface area is 167 Å². The molecule has 0 aliphatic carbocycles.